The van der Waals surface area contributed by atoms with Crippen LogP contribution in [-0.2, 0) is 19.0 Å². The van der Waals surface area contributed by atoms with E-state index in [1.807, 2.05) is 6.92 Å². The van der Waals surface area contributed by atoms with E-state index in [9.17, 15) is 4.79 Å². The first-order valence-electron chi connectivity index (χ1n) is 10.4. The molecule has 6 heteroatoms. The average Bonchev–Trinajstić information content (AvgIpc) is 2.59. The van der Waals surface area contributed by atoms with Crippen LogP contribution in [0.5, 0.6) is 0 Å². The van der Waals surface area contributed by atoms with Gasteiger partial charge in [-0.1, -0.05) is 32.9 Å². The molecule has 2 aliphatic heterocycles. The van der Waals surface area contributed by atoms with Gasteiger partial charge in [0.1, 0.15) is 0 Å². The van der Waals surface area contributed by atoms with Gasteiger partial charge in [-0.25, -0.2) is 0 Å². The highest BCUT2D eigenvalue weighted by atomic mass is 28.3. The molecular formula is C19H38O4Si2. The fourth-order valence-corrected chi connectivity index (χ4v) is 6.88. The van der Waals surface area contributed by atoms with Crippen LogP contribution in [0.4, 0.5) is 0 Å². The molecule has 2 fully saturated rings. The summed E-state index contributed by atoms with van der Waals surface area (Å²) < 4.78 is 17.7. The lowest BCUT2D eigenvalue weighted by molar-refractivity contribution is -0.209. The number of ether oxygens (including phenoxy) is 3. The van der Waals surface area contributed by atoms with Crippen LogP contribution in [0.1, 0.15) is 71.1 Å². The van der Waals surface area contributed by atoms with Crippen LogP contribution in [0.2, 0.25) is 13.1 Å². The Kier molecular flexibility index (Phi) is 8.17. The molecule has 0 N–H and O–H groups in total. The molecule has 3 unspecified atom stereocenters. The maximum Gasteiger partial charge on any atom is 0.310 e. The molecule has 4 nitrogen and oxygen atoms in total. The number of hydrogen-bond donors (Lipinski definition) is 0. The third-order valence-electron chi connectivity index (χ3n) is 6.07. The quantitative estimate of drug-likeness (QED) is 0.365. The van der Waals surface area contributed by atoms with Crippen molar-refractivity contribution in [3.8, 4) is 0 Å². The van der Waals surface area contributed by atoms with Crippen molar-refractivity contribution in [1.29, 1.82) is 0 Å². The largest absolute Gasteiger partial charge is 0.438 e. The molecule has 0 aliphatic carbocycles. The van der Waals surface area contributed by atoms with E-state index in [1.54, 1.807) is 0 Å². The SMILES string of the molecule is CC(CCCCC1([SiH](C)C)CCCCO1)C(=O)OC1([SiH3])CCCCO1. The normalized spacial score (nSPS) is 31.8. The van der Waals surface area contributed by atoms with E-state index in [4.69, 9.17) is 14.2 Å². The van der Waals surface area contributed by atoms with E-state index in [1.165, 1.54) is 25.7 Å². The molecule has 0 amide bonds. The molecule has 0 aromatic rings. The van der Waals surface area contributed by atoms with Crippen LogP contribution >= 0.6 is 0 Å². The predicted octanol–water partition coefficient (Wildman–Crippen LogP) is 2.91. The molecule has 0 radical (unpaired) electrons. The number of carbonyl (C=O) groups excluding carboxylic acids is 1. The Morgan fingerprint density at radius 2 is 1.80 bits per heavy atom. The standard InChI is InChI=1S/C19H38O4Si2/c1-16(17(20)23-19(24)13-7-9-15-22-19)10-4-5-11-18(25(2)3)12-6-8-14-21-18/h16,25H,4-15H2,1-3,24H3. The summed E-state index contributed by atoms with van der Waals surface area (Å²) in [6, 6.07) is 0. The zero-order chi connectivity index (χ0) is 18.3. The molecule has 2 rings (SSSR count). The van der Waals surface area contributed by atoms with Gasteiger partial charge in [0.25, 0.3) is 0 Å². The molecule has 0 saturated carbocycles. The van der Waals surface area contributed by atoms with Gasteiger partial charge in [-0.15, -0.1) is 0 Å². The van der Waals surface area contributed by atoms with Crippen molar-refractivity contribution >= 4 is 25.0 Å². The van der Waals surface area contributed by atoms with E-state index in [-0.39, 0.29) is 17.1 Å². The van der Waals surface area contributed by atoms with Crippen molar-refractivity contribution in [3.05, 3.63) is 0 Å². The van der Waals surface area contributed by atoms with Gasteiger partial charge in [0.05, 0.1) is 36.8 Å². The molecule has 0 aromatic heterocycles. The van der Waals surface area contributed by atoms with Crippen molar-refractivity contribution < 1.29 is 19.0 Å². The summed E-state index contributed by atoms with van der Waals surface area (Å²) in [5.74, 6) is -0.102. The Hall–Kier alpha value is -0.176. The first-order chi connectivity index (χ1) is 11.9. The summed E-state index contributed by atoms with van der Waals surface area (Å²) in [6.07, 6.45) is 11.2. The second-order valence-corrected chi connectivity index (χ2v) is 13.4. The highest BCUT2D eigenvalue weighted by Crippen LogP contribution is 2.33. The lowest BCUT2D eigenvalue weighted by Crippen LogP contribution is -2.47. The molecule has 146 valence electrons. The maximum atomic E-state index is 12.4. The van der Waals surface area contributed by atoms with Gasteiger partial charge in [-0.05, 0) is 44.9 Å². The fourth-order valence-electron chi connectivity index (χ4n) is 4.11. The smallest absolute Gasteiger partial charge is 0.310 e. The van der Waals surface area contributed by atoms with Gasteiger partial charge in [0.2, 0.25) is 0 Å². The molecule has 3 atom stereocenters. The third kappa shape index (κ3) is 6.19. The van der Waals surface area contributed by atoms with Crippen molar-refractivity contribution in [2.45, 2.75) is 94.9 Å². The topological polar surface area (TPSA) is 44.8 Å². The van der Waals surface area contributed by atoms with Gasteiger partial charge in [-0.2, -0.15) is 0 Å². The summed E-state index contributed by atoms with van der Waals surface area (Å²) in [7, 11) is -0.0846. The van der Waals surface area contributed by atoms with Crippen LogP contribution in [0, 0.1) is 5.92 Å². The zero-order valence-electron chi connectivity index (χ0n) is 16.8. The molecule has 2 heterocycles. The Morgan fingerprint density at radius 3 is 2.36 bits per heavy atom. The van der Waals surface area contributed by atoms with Crippen molar-refractivity contribution in [3.63, 3.8) is 0 Å². The van der Waals surface area contributed by atoms with Crippen LogP contribution < -0.4 is 0 Å². The van der Waals surface area contributed by atoms with Crippen LogP contribution in [-0.4, -0.2) is 48.9 Å². The molecule has 0 aromatic carbocycles. The highest BCUT2D eigenvalue weighted by molar-refractivity contribution is 6.59. The fraction of sp³-hybridized carbons (Fsp3) is 0.947. The van der Waals surface area contributed by atoms with E-state index in [2.05, 4.69) is 13.1 Å². The third-order valence-corrected chi connectivity index (χ3v) is 9.92. The monoisotopic (exact) mass is 386 g/mol. The molecule has 2 saturated heterocycles. The number of esters is 1. The van der Waals surface area contributed by atoms with E-state index in [0.29, 0.717) is 0 Å². The number of hydrogen-bond acceptors (Lipinski definition) is 4. The minimum Gasteiger partial charge on any atom is -0.438 e. The van der Waals surface area contributed by atoms with Crippen molar-refractivity contribution in [2.75, 3.05) is 13.2 Å². The van der Waals surface area contributed by atoms with Gasteiger partial charge in [0.15, 0.2) is 5.41 Å². The van der Waals surface area contributed by atoms with E-state index < -0.39 is 14.2 Å². The van der Waals surface area contributed by atoms with Gasteiger partial charge in [0, 0.05) is 13.0 Å². The average molecular weight is 387 g/mol. The van der Waals surface area contributed by atoms with Crippen LogP contribution in [0.15, 0.2) is 0 Å². The Morgan fingerprint density at radius 1 is 1.12 bits per heavy atom. The molecule has 0 bridgehead atoms. The van der Waals surface area contributed by atoms with Crippen LogP contribution in [0.3, 0.4) is 0 Å². The van der Waals surface area contributed by atoms with Crippen LogP contribution in [0.25, 0.3) is 0 Å². The second-order valence-electron chi connectivity index (χ2n) is 8.53. The Balaban J connectivity index is 1.70. The number of carbonyl (C=O) groups is 1. The predicted molar refractivity (Wildman–Crippen MR) is 108 cm³/mol. The Labute approximate surface area is 158 Å². The first kappa shape index (κ1) is 21.1. The number of rotatable bonds is 8. The minimum absolute atomic E-state index is 0.0316. The van der Waals surface area contributed by atoms with Gasteiger partial charge >= 0.3 is 5.97 Å². The number of unbranched alkanes of at least 4 members (excludes halogenated alkanes) is 1. The first-order valence-corrected chi connectivity index (χ1v) is 14.3. The maximum absolute atomic E-state index is 12.4. The van der Waals surface area contributed by atoms with Crippen molar-refractivity contribution in [2.24, 2.45) is 5.92 Å². The summed E-state index contributed by atoms with van der Waals surface area (Å²) in [4.78, 5) is 12.4. The lowest BCUT2D eigenvalue weighted by atomic mass is 9.98. The van der Waals surface area contributed by atoms with Crippen molar-refractivity contribution in [1.82, 2.24) is 0 Å². The highest BCUT2D eigenvalue weighted by Gasteiger charge is 2.37. The zero-order valence-corrected chi connectivity index (χ0v) is 19.9. The van der Waals surface area contributed by atoms with Gasteiger partial charge in [-0.3, -0.25) is 4.79 Å². The van der Waals surface area contributed by atoms with Gasteiger partial charge < -0.3 is 14.2 Å². The summed E-state index contributed by atoms with van der Waals surface area (Å²) in [5.41, 5.74) is -0.563. The summed E-state index contributed by atoms with van der Waals surface area (Å²) in [5, 5.41) is 0.205. The lowest BCUT2D eigenvalue weighted by Gasteiger charge is -2.40. The molecule has 0 spiro atoms. The summed E-state index contributed by atoms with van der Waals surface area (Å²) in [6.45, 7) is 8.50. The molecular weight excluding hydrogens is 348 g/mol. The Bertz CT molecular complexity index is 416. The van der Waals surface area contributed by atoms with E-state index >= 15 is 0 Å². The molecule has 2 aliphatic rings. The van der Waals surface area contributed by atoms with E-state index in [0.717, 1.165) is 62.0 Å². The summed E-state index contributed by atoms with van der Waals surface area (Å²) >= 11 is 0. The minimum atomic E-state index is -0.835. The molecule has 25 heavy (non-hydrogen) atoms. The second kappa shape index (κ2) is 9.67.